The van der Waals surface area contributed by atoms with Crippen molar-refractivity contribution in [1.82, 2.24) is 5.32 Å². The van der Waals surface area contributed by atoms with E-state index in [1.807, 2.05) is 0 Å². The molecule has 0 aromatic heterocycles. The molecule has 1 atom stereocenters. The predicted molar refractivity (Wildman–Crippen MR) is 81.4 cm³/mol. The van der Waals surface area contributed by atoms with Crippen molar-refractivity contribution in [1.29, 1.82) is 0 Å². The average molecular weight is 321 g/mol. The third-order valence-electron chi connectivity index (χ3n) is 3.47. The number of methoxy groups -OCH3 is 1. The number of carbonyl (C=O) groups excluding carboxylic acids is 1. The van der Waals surface area contributed by atoms with E-state index in [0.29, 0.717) is 16.9 Å². The van der Waals surface area contributed by atoms with Crippen LogP contribution in [0.5, 0.6) is 5.75 Å². The summed E-state index contributed by atoms with van der Waals surface area (Å²) in [7, 11) is 1.52. The van der Waals surface area contributed by atoms with E-state index in [-0.39, 0.29) is 6.54 Å². The van der Waals surface area contributed by atoms with Gasteiger partial charge in [-0.15, -0.1) is 0 Å². The van der Waals surface area contributed by atoms with Crippen molar-refractivity contribution >= 4 is 5.91 Å². The summed E-state index contributed by atoms with van der Waals surface area (Å²) in [6, 6.07) is 8.23. The molecule has 2 aromatic carbocycles. The largest absolute Gasteiger partial charge is 0.497 e. The Morgan fingerprint density at radius 2 is 1.91 bits per heavy atom. The van der Waals surface area contributed by atoms with Gasteiger partial charge in [-0.3, -0.25) is 4.79 Å². The van der Waals surface area contributed by atoms with E-state index in [2.05, 4.69) is 5.32 Å². The first-order valence-corrected chi connectivity index (χ1v) is 6.99. The highest BCUT2D eigenvalue weighted by Gasteiger charge is 2.19. The van der Waals surface area contributed by atoms with E-state index in [1.54, 1.807) is 25.1 Å². The number of rotatable bonds is 5. The minimum Gasteiger partial charge on any atom is -0.497 e. The van der Waals surface area contributed by atoms with Crippen LogP contribution >= 0.6 is 0 Å². The van der Waals surface area contributed by atoms with Crippen LogP contribution in [0, 0.1) is 18.6 Å². The maximum absolute atomic E-state index is 13.6. The fourth-order valence-corrected chi connectivity index (χ4v) is 2.23. The molecule has 2 N–H and O–H groups in total. The fraction of sp³-hybridized carbons (Fsp3) is 0.235. The molecule has 0 aliphatic carbocycles. The van der Waals surface area contributed by atoms with Crippen LogP contribution < -0.4 is 10.1 Å². The summed E-state index contributed by atoms with van der Waals surface area (Å²) < 4.78 is 32.2. The zero-order valence-electron chi connectivity index (χ0n) is 12.8. The molecule has 0 fully saturated rings. The Balaban J connectivity index is 2.07. The lowest BCUT2D eigenvalue weighted by Gasteiger charge is -2.14. The van der Waals surface area contributed by atoms with Crippen molar-refractivity contribution in [2.45, 2.75) is 13.0 Å². The number of aliphatic hydroxyl groups excluding tert-OH is 1. The number of carbonyl (C=O) groups is 1. The highest BCUT2D eigenvalue weighted by molar-refractivity contribution is 5.95. The zero-order valence-corrected chi connectivity index (χ0v) is 12.8. The number of hydrogen-bond donors (Lipinski definition) is 2. The molecule has 23 heavy (non-hydrogen) atoms. The Hall–Kier alpha value is -2.47. The van der Waals surface area contributed by atoms with Crippen LogP contribution in [0.2, 0.25) is 0 Å². The molecule has 122 valence electrons. The van der Waals surface area contributed by atoms with Crippen molar-refractivity contribution in [3.63, 3.8) is 0 Å². The second-order valence-electron chi connectivity index (χ2n) is 5.04. The second kappa shape index (κ2) is 7.19. The van der Waals surface area contributed by atoms with Gasteiger partial charge < -0.3 is 15.2 Å². The maximum atomic E-state index is 13.6. The Labute approximate surface area is 132 Å². The van der Waals surface area contributed by atoms with E-state index < -0.39 is 29.2 Å². The van der Waals surface area contributed by atoms with Gasteiger partial charge >= 0.3 is 0 Å². The fourth-order valence-electron chi connectivity index (χ4n) is 2.23. The summed E-state index contributed by atoms with van der Waals surface area (Å²) in [5.74, 6) is -1.53. The van der Waals surface area contributed by atoms with Gasteiger partial charge in [0.1, 0.15) is 23.5 Å². The summed E-state index contributed by atoms with van der Waals surface area (Å²) in [5.41, 5.74) is 0.625. The van der Waals surface area contributed by atoms with Gasteiger partial charge in [-0.05, 0) is 42.8 Å². The Morgan fingerprint density at radius 1 is 1.26 bits per heavy atom. The van der Waals surface area contributed by atoms with Crippen LogP contribution in [0.15, 0.2) is 36.4 Å². The molecule has 2 aromatic rings. The van der Waals surface area contributed by atoms with E-state index >= 15 is 0 Å². The second-order valence-corrected chi connectivity index (χ2v) is 5.04. The van der Waals surface area contributed by atoms with Gasteiger partial charge in [0.2, 0.25) is 0 Å². The molecule has 6 heteroatoms. The van der Waals surface area contributed by atoms with Crippen LogP contribution in [-0.4, -0.2) is 24.7 Å². The van der Waals surface area contributed by atoms with E-state index in [1.165, 1.54) is 13.2 Å². The Kier molecular flexibility index (Phi) is 5.28. The summed E-state index contributed by atoms with van der Waals surface area (Å²) >= 11 is 0. The summed E-state index contributed by atoms with van der Waals surface area (Å²) in [5, 5.41) is 12.4. The van der Waals surface area contributed by atoms with E-state index in [0.717, 1.165) is 12.1 Å². The molecular formula is C17H17F2NO3. The van der Waals surface area contributed by atoms with Crippen molar-refractivity contribution in [2.24, 2.45) is 0 Å². The van der Waals surface area contributed by atoms with Crippen LogP contribution in [0.3, 0.4) is 0 Å². The molecule has 0 aliphatic heterocycles. The van der Waals surface area contributed by atoms with Crippen LogP contribution in [0.25, 0.3) is 0 Å². The van der Waals surface area contributed by atoms with Gasteiger partial charge in [0.15, 0.2) is 0 Å². The molecule has 0 aliphatic rings. The number of hydrogen-bond acceptors (Lipinski definition) is 3. The number of ether oxygens (including phenoxy) is 1. The van der Waals surface area contributed by atoms with Gasteiger partial charge in [-0.1, -0.05) is 6.07 Å². The van der Waals surface area contributed by atoms with Gasteiger partial charge in [0.05, 0.1) is 12.7 Å². The number of benzene rings is 2. The average Bonchev–Trinajstić information content (AvgIpc) is 2.52. The third-order valence-corrected chi connectivity index (χ3v) is 3.47. The monoisotopic (exact) mass is 321 g/mol. The lowest BCUT2D eigenvalue weighted by atomic mass is 10.1. The van der Waals surface area contributed by atoms with Gasteiger partial charge in [0, 0.05) is 12.1 Å². The molecule has 0 unspecified atom stereocenters. The summed E-state index contributed by atoms with van der Waals surface area (Å²) in [6.07, 6.45) is -1.47. The predicted octanol–water partition coefficient (Wildman–Crippen LogP) is 2.75. The van der Waals surface area contributed by atoms with Crippen molar-refractivity contribution in [3.05, 3.63) is 64.7 Å². The van der Waals surface area contributed by atoms with Crippen molar-refractivity contribution in [2.75, 3.05) is 13.7 Å². The molecule has 0 saturated carbocycles. The molecule has 0 heterocycles. The third kappa shape index (κ3) is 3.84. The molecule has 4 nitrogen and oxygen atoms in total. The number of nitrogens with one attached hydrogen (secondary N) is 1. The Bertz CT molecular complexity index is 699. The molecular weight excluding hydrogens is 304 g/mol. The molecule has 2 rings (SSSR count). The van der Waals surface area contributed by atoms with Gasteiger partial charge in [-0.25, -0.2) is 8.78 Å². The topological polar surface area (TPSA) is 58.6 Å². The standard InChI is InChI=1S/C17H17F2NO3/c1-10-8-11(23-2)6-7-12(10)17(22)20-9-15(21)16-13(18)4-3-5-14(16)19/h3-8,15,21H,9H2,1-2H3,(H,20,22)/t15-/m1/s1. The van der Waals surface area contributed by atoms with Crippen LogP contribution in [0.4, 0.5) is 8.78 Å². The molecule has 0 bridgehead atoms. The zero-order chi connectivity index (χ0) is 17.0. The highest BCUT2D eigenvalue weighted by atomic mass is 19.1. The lowest BCUT2D eigenvalue weighted by Crippen LogP contribution is -2.29. The minimum absolute atomic E-state index is 0.303. The first kappa shape index (κ1) is 16.9. The molecule has 0 saturated heterocycles. The first-order chi connectivity index (χ1) is 10.9. The van der Waals surface area contributed by atoms with Crippen LogP contribution in [-0.2, 0) is 0 Å². The number of aryl methyl sites for hydroxylation is 1. The van der Waals surface area contributed by atoms with E-state index in [9.17, 15) is 18.7 Å². The number of halogens is 2. The summed E-state index contributed by atoms with van der Waals surface area (Å²) in [4.78, 5) is 12.1. The van der Waals surface area contributed by atoms with E-state index in [4.69, 9.17) is 4.74 Å². The molecule has 1 amide bonds. The normalized spacial score (nSPS) is 11.9. The van der Waals surface area contributed by atoms with Crippen molar-refractivity contribution in [3.8, 4) is 5.75 Å². The quantitative estimate of drug-likeness (QED) is 0.890. The SMILES string of the molecule is COc1ccc(C(=O)NC[C@@H](O)c2c(F)cccc2F)c(C)c1. The Morgan fingerprint density at radius 3 is 2.48 bits per heavy atom. The molecule has 0 radical (unpaired) electrons. The first-order valence-electron chi connectivity index (χ1n) is 6.99. The highest BCUT2D eigenvalue weighted by Crippen LogP contribution is 2.21. The summed E-state index contributed by atoms with van der Waals surface area (Å²) in [6.45, 7) is 1.44. The minimum atomic E-state index is -1.47. The number of amides is 1. The maximum Gasteiger partial charge on any atom is 0.251 e. The van der Waals surface area contributed by atoms with Crippen LogP contribution in [0.1, 0.15) is 27.6 Å². The van der Waals surface area contributed by atoms with Gasteiger partial charge in [-0.2, -0.15) is 0 Å². The smallest absolute Gasteiger partial charge is 0.251 e. The van der Waals surface area contributed by atoms with Gasteiger partial charge in [0.25, 0.3) is 5.91 Å². The number of aliphatic hydroxyl groups is 1. The lowest BCUT2D eigenvalue weighted by molar-refractivity contribution is 0.0910. The molecule has 0 spiro atoms. The van der Waals surface area contributed by atoms with Crippen molar-refractivity contribution < 1.29 is 23.4 Å².